The molecule has 4 heterocycles. The molecule has 0 unspecified atom stereocenters. The molecule has 0 N–H and O–H groups in total. The summed E-state index contributed by atoms with van der Waals surface area (Å²) in [6.45, 7) is 10.2. The molecule has 1 atom stereocenters. The van der Waals surface area contributed by atoms with Crippen LogP contribution in [0, 0.1) is 0 Å². The first-order valence-corrected chi connectivity index (χ1v) is 13.7. The summed E-state index contributed by atoms with van der Waals surface area (Å²) in [5, 5.41) is 2.54. The average Bonchev–Trinajstić information content (AvgIpc) is 3.47. The molecule has 8 nitrogen and oxygen atoms in total. The third-order valence-corrected chi connectivity index (χ3v) is 8.38. The van der Waals surface area contributed by atoms with Gasteiger partial charge in [0.15, 0.2) is 0 Å². The van der Waals surface area contributed by atoms with Crippen molar-refractivity contribution in [3.8, 4) is 0 Å². The topological polar surface area (TPSA) is 59.1 Å². The maximum atomic E-state index is 12.2. The molecule has 38 heavy (non-hydrogen) atoms. The summed E-state index contributed by atoms with van der Waals surface area (Å²) in [6.07, 6.45) is 3.43. The summed E-state index contributed by atoms with van der Waals surface area (Å²) in [5.74, 6) is 1.90. The Bertz CT molecular complexity index is 1340. The summed E-state index contributed by atoms with van der Waals surface area (Å²) in [4.78, 5) is 33.9. The lowest BCUT2D eigenvalue weighted by atomic mass is 10.0. The van der Waals surface area contributed by atoms with Crippen molar-refractivity contribution in [3.05, 3.63) is 66.4 Å². The summed E-state index contributed by atoms with van der Waals surface area (Å²) < 4.78 is 0. The van der Waals surface area contributed by atoms with Gasteiger partial charge in [-0.05, 0) is 44.5 Å². The van der Waals surface area contributed by atoms with Crippen molar-refractivity contribution in [2.75, 3.05) is 74.6 Å². The van der Waals surface area contributed by atoms with Crippen molar-refractivity contribution in [1.82, 2.24) is 19.8 Å². The second-order valence-corrected chi connectivity index (χ2v) is 10.8. The van der Waals surface area contributed by atoms with E-state index in [1.54, 1.807) is 0 Å². The Morgan fingerprint density at radius 1 is 0.947 bits per heavy atom. The van der Waals surface area contributed by atoms with Gasteiger partial charge in [0, 0.05) is 68.5 Å². The van der Waals surface area contributed by atoms with Crippen molar-refractivity contribution in [3.63, 3.8) is 0 Å². The number of benzene rings is 2. The molecule has 3 aliphatic heterocycles. The predicted octanol–water partition coefficient (Wildman–Crippen LogP) is 3.17. The first-order valence-electron chi connectivity index (χ1n) is 13.7. The number of likely N-dealkylation sites (N-methyl/N-ethyl adjacent to an activating group) is 1. The number of carbonyl (C=O) groups is 1. The number of anilines is 3. The fraction of sp³-hybridized carbons (Fsp3) is 0.433. The highest BCUT2D eigenvalue weighted by Gasteiger charge is 2.31. The van der Waals surface area contributed by atoms with Crippen LogP contribution < -0.4 is 14.7 Å². The zero-order valence-corrected chi connectivity index (χ0v) is 22.5. The Hall–Kier alpha value is -3.65. The number of hydrogen-bond acceptors (Lipinski definition) is 7. The Balaban J connectivity index is 1.34. The van der Waals surface area contributed by atoms with Crippen LogP contribution in [0.1, 0.15) is 17.7 Å². The van der Waals surface area contributed by atoms with Crippen molar-refractivity contribution < 1.29 is 4.79 Å². The lowest BCUT2D eigenvalue weighted by molar-refractivity contribution is -0.126. The summed E-state index contributed by atoms with van der Waals surface area (Å²) in [5.41, 5.74) is 3.65. The zero-order chi connectivity index (χ0) is 26.2. The number of amides is 1. The molecule has 0 aliphatic carbocycles. The first kappa shape index (κ1) is 24.7. The lowest BCUT2D eigenvalue weighted by Gasteiger charge is -2.38. The van der Waals surface area contributed by atoms with Gasteiger partial charge in [-0.3, -0.25) is 4.79 Å². The SMILES string of the molecule is C=CC(=O)N1CCN(c2nc(N3CC[C@H](N(C)C)C3)nc3c2CCN(c2cccc4ccccc24)C3)CC1. The largest absolute Gasteiger partial charge is 0.365 e. The molecule has 0 saturated carbocycles. The van der Waals surface area contributed by atoms with Crippen LogP contribution in [0.25, 0.3) is 10.8 Å². The minimum atomic E-state index is 0.00702. The van der Waals surface area contributed by atoms with Crippen molar-refractivity contribution >= 4 is 34.1 Å². The molecule has 8 heteroatoms. The first-order chi connectivity index (χ1) is 18.5. The normalized spacial score (nSPS) is 19.8. The quantitative estimate of drug-likeness (QED) is 0.488. The molecule has 2 aromatic carbocycles. The molecule has 6 rings (SSSR count). The Kier molecular flexibility index (Phi) is 6.66. The molecule has 0 bridgehead atoms. The number of fused-ring (bicyclic) bond motifs is 2. The fourth-order valence-corrected chi connectivity index (χ4v) is 6.10. The number of hydrogen-bond donors (Lipinski definition) is 0. The van der Waals surface area contributed by atoms with Crippen molar-refractivity contribution in [1.29, 1.82) is 0 Å². The molecular weight excluding hydrogens is 474 g/mol. The van der Waals surface area contributed by atoms with Crippen LogP contribution in [-0.2, 0) is 17.8 Å². The third-order valence-electron chi connectivity index (χ3n) is 8.38. The van der Waals surface area contributed by atoms with E-state index in [9.17, 15) is 4.79 Å². The minimum absolute atomic E-state index is 0.00702. The van der Waals surface area contributed by atoms with E-state index in [0.29, 0.717) is 19.1 Å². The van der Waals surface area contributed by atoms with Crippen LogP contribution in [0.15, 0.2) is 55.1 Å². The van der Waals surface area contributed by atoms with E-state index in [1.807, 2.05) is 4.90 Å². The molecule has 198 valence electrons. The second-order valence-electron chi connectivity index (χ2n) is 10.8. The molecule has 2 saturated heterocycles. The standard InChI is InChI=1S/C30H37N7O/c1-4-28(38)34-16-18-35(19-17-34)29-25-13-15-36(27-11-7-9-22-8-5-6-10-24(22)27)21-26(25)31-30(32-29)37-14-12-23(20-37)33(2)3/h4-11,23H,1,12-21H2,2-3H3/t23-/m0/s1. The highest BCUT2D eigenvalue weighted by atomic mass is 16.2. The van der Waals surface area contributed by atoms with Crippen LogP contribution in [0.5, 0.6) is 0 Å². The molecule has 3 aromatic rings. The maximum Gasteiger partial charge on any atom is 0.246 e. The van der Waals surface area contributed by atoms with E-state index in [1.165, 1.54) is 28.1 Å². The molecule has 1 amide bonds. The fourth-order valence-electron chi connectivity index (χ4n) is 6.10. The summed E-state index contributed by atoms with van der Waals surface area (Å²) in [7, 11) is 4.30. The Morgan fingerprint density at radius 3 is 2.50 bits per heavy atom. The number of nitrogens with zero attached hydrogens (tertiary/aromatic N) is 7. The highest BCUT2D eigenvalue weighted by Crippen LogP contribution is 2.35. The zero-order valence-electron chi connectivity index (χ0n) is 22.5. The predicted molar refractivity (Wildman–Crippen MR) is 154 cm³/mol. The third kappa shape index (κ3) is 4.58. The highest BCUT2D eigenvalue weighted by molar-refractivity contribution is 5.94. The molecule has 0 radical (unpaired) electrons. The molecule has 2 fully saturated rings. The molecule has 0 spiro atoms. The van der Waals surface area contributed by atoms with Gasteiger partial charge in [-0.1, -0.05) is 43.0 Å². The molecule has 3 aliphatic rings. The van der Waals surface area contributed by atoms with E-state index in [-0.39, 0.29) is 5.91 Å². The van der Waals surface area contributed by atoms with E-state index >= 15 is 0 Å². The van der Waals surface area contributed by atoms with Crippen molar-refractivity contribution in [2.45, 2.75) is 25.4 Å². The summed E-state index contributed by atoms with van der Waals surface area (Å²) in [6, 6.07) is 15.7. The maximum absolute atomic E-state index is 12.2. The Morgan fingerprint density at radius 2 is 1.74 bits per heavy atom. The van der Waals surface area contributed by atoms with Crippen LogP contribution in [0.3, 0.4) is 0 Å². The Labute approximate surface area is 225 Å². The van der Waals surface area contributed by atoms with Gasteiger partial charge in [0.1, 0.15) is 5.82 Å². The van der Waals surface area contributed by atoms with E-state index < -0.39 is 0 Å². The molecule has 1 aromatic heterocycles. The average molecular weight is 512 g/mol. The van der Waals surface area contributed by atoms with Crippen LogP contribution >= 0.6 is 0 Å². The summed E-state index contributed by atoms with van der Waals surface area (Å²) >= 11 is 0. The second kappa shape index (κ2) is 10.3. The number of piperazine rings is 1. The van der Waals surface area contributed by atoms with Gasteiger partial charge in [0.2, 0.25) is 11.9 Å². The van der Waals surface area contributed by atoms with Gasteiger partial charge < -0.3 is 24.5 Å². The molecular formula is C30H37N7O. The lowest BCUT2D eigenvalue weighted by Crippen LogP contribution is -2.49. The number of aromatic nitrogens is 2. The monoisotopic (exact) mass is 511 g/mol. The van der Waals surface area contributed by atoms with E-state index in [2.05, 4.69) is 82.7 Å². The van der Waals surface area contributed by atoms with Crippen LogP contribution in [-0.4, -0.2) is 91.6 Å². The van der Waals surface area contributed by atoms with Crippen LogP contribution in [0.4, 0.5) is 17.5 Å². The van der Waals surface area contributed by atoms with Crippen LogP contribution in [0.2, 0.25) is 0 Å². The van der Waals surface area contributed by atoms with Gasteiger partial charge in [0.05, 0.1) is 12.2 Å². The van der Waals surface area contributed by atoms with Gasteiger partial charge >= 0.3 is 0 Å². The van der Waals surface area contributed by atoms with Gasteiger partial charge in [0.25, 0.3) is 0 Å². The van der Waals surface area contributed by atoms with Gasteiger partial charge in [-0.15, -0.1) is 0 Å². The van der Waals surface area contributed by atoms with Gasteiger partial charge in [-0.2, -0.15) is 4.98 Å². The van der Waals surface area contributed by atoms with E-state index in [4.69, 9.17) is 9.97 Å². The number of rotatable bonds is 5. The minimum Gasteiger partial charge on any atom is -0.365 e. The van der Waals surface area contributed by atoms with E-state index in [0.717, 1.165) is 69.6 Å². The van der Waals surface area contributed by atoms with Crippen molar-refractivity contribution in [2.24, 2.45) is 0 Å². The number of carbonyl (C=O) groups excluding carboxylic acids is 1. The smallest absolute Gasteiger partial charge is 0.246 e. The van der Waals surface area contributed by atoms with Gasteiger partial charge in [-0.25, -0.2) is 4.98 Å².